The number of hydrogen-bond acceptors (Lipinski definition) is 8. The summed E-state index contributed by atoms with van der Waals surface area (Å²) in [7, 11) is -3.04. The van der Waals surface area contributed by atoms with E-state index in [1.807, 2.05) is 0 Å². The summed E-state index contributed by atoms with van der Waals surface area (Å²) in [4.78, 5) is 15.5. The molecular weight excluding hydrogens is 436 g/mol. The lowest BCUT2D eigenvalue weighted by molar-refractivity contribution is -0.0998. The van der Waals surface area contributed by atoms with Crippen LogP contribution in [0.2, 0.25) is 4.34 Å². The van der Waals surface area contributed by atoms with Crippen molar-refractivity contribution >= 4 is 38.6 Å². The third-order valence-corrected chi connectivity index (χ3v) is 7.96. The molecule has 1 saturated heterocycles. The quantitative estimate of drug-likeness (QED) is 0.677. The van der Waals surface area contributed by atoms with Crippen molar-refractivity contribution in [3.05, 3.63) is 32.7 Å². The average Bonchev–Trinajstić information content (AvgIpc) is 3.26. The van der Waals surface area contributed by atoms with E-state index in [1.165, 1.54) is 17.6 Å². The summed E-state index contributed by atoms with van der Waals surface area (Å²) < 4.78 is 30.9. The molecule has 11 heteroatoms. The molecule has 0 saturated carbocycles. The van der Waals surface area contributed by atoms with E-state index in [-0.39, 0.29) is 24.2 Å². The Morgan fingerprint density at radius 3 is 2.97 bits per heavy atom. The number of likely N-dealkylation sites (tertiary alicyclic amines) is 1. The van der Waals surface area contributed by atoms with Gasteiger partial charge in [0.15, 0.2) is 5.78 Å². The van der Waals surface area contributed by atoms with Gasteiger partial charge in [0, 0.05) is 42.0 Å². The Morgan fingerprint density at radius 1 is 1.45 bits per heavy atom. The molecule has 0 N–H and O–H groups in total. The van der Waals surface area contributed by atoms with Crippen molar-refractivity contribution in [3.8, 4) is 0 Å². The maximum absolute atomic E-state index is 12.2. The molecule has 2 aromatic rings. The van der Waals surface area contributed by atoms with Crippen LogP contribution in [-0.2, 0) is 33.3 Å². The SMILES string of the molecule is C[C@H]1C[C@@]2(CCN1Cc1cn(CCS(C)(=O)=O)nn1)OCC(=O)c1cc(Cl)sc12. The summed E-state index contributed by atoms with van der Waals surface area (Å²) in [6, 6.07) is 1.98. The van der Waals surface area contributed by atoms with Crippen molar-refractivity contribution in [1.29, 1.82) is 0 Å². The predicted octanol–water partition coefficient (Wildman–Crippen LogP) is 2.13. The molecule has 29 heavy (non-hydrogen) atoms. The van der Waals surface area contributed by atoms with Crippen LogP contribution < -0.4 is 0 Å². The van der Waals surface area contributed by atoms with Gasteiger partial charge in [-0.2, -0.15) is 0 Å². The number of nitrogens with zero attached hydrogens (tertiary/aromatic N) is 4. The van der Waals surface area contributed by atoms with E-state index < -0.39 is 15.4 Å². The maximum Gasteiger partial charge on any atom is 0.189 e. The monoisotopic (exact) mass is 458 g/mol. The number of rotatable bonds is 5. The number of piperidine rings is 1. The number of carbonyl (C=O) groups is 1. The van der Waals surface area contributed by atoms with Gasteiger partial charge in [-0.1, -0.05) is 16.8 Å². The minimum atomic E-state index is -3.04. The third kappa shape index (κ3) is 4.41. The standard InChI is InChI=1S/C18H23ClN4O4S2/c1-12-8-18(17-14(7-16(19)28-17)15(24)11-27-18)3-4-22(12)9-13-10-23(21-20-13)5-6-29(2,25)26/h7,10,12H,3-6,8-9,11H2,1-2H3/t12-,18+/m0/s1. The number of halogens is 1. The van der Waals surface area contributed by atoms with Gasteiger partial charge < -0.3 is 4.74 Å². The molecule has 2 atom stereocenters. The first-order valence-electron chi connectivity index (χ1n) is 9.43. The van der Waals surface area contributed by atoms with Crippen molar-refractivity contribution in [1.82, 2.24) is 19.9 Å². The van der Waals surface area contributed by atoms with Gasteiger partial charge in [-0.3, -0.25) is 14.4 Å². The molecule has 8 nitrogen and oxygen atoms in total. The maximum atomic E-state index is 12.2. The van der Waals surface area contributed by atoms with Crippen LogP contribution in [0.3, 0.4) is 0 Å². The summed E-state index contributed by atoms with van der Waals surface area (Å²) >= 11 is 7.64. The van der Waals surface area contributed by atoms with E-state index in [2.05, 4.69) is 22.1 Å². The second-order valence-corrected chi connectivity index (χ2v) is 11.8. The number of ketones is 1. The number of hydrogen-bond donors (Lipinski definition) is 0. The third-order valence-electron chi connectivity index (χ3n) is 5.59. The van der Waals surface area contributed by atoms with E-state index in [1.54, 1.807) is 16.9 Å². The highest BCUT2D eigenvalue weighted by molar-refractivity contribution is 7.90. The first-order chi connectivity index (χ1) is 13.7. The van der Waals surface area contributed by atoms with Crippen LogP contribution in [0, 0.1) is 0 Å². The van der Waals surface area contributed by atoms with Crippen LogP contribution in [0.25, 0.3) is 0 Å². The Kier molecular flexibility index (Phi) is 5.58. The highest BCUT2D eigenvalue weighted by Crippen LogP contribution is 2.47. The van der Waals surface area contributed by atoms with Crippen LogP contribution in [0.15, 0.2) is 12.3 Å². The molecule has 0 unspecified atom stereocenters. The predicted molar refractivity (Wildman–Crippen MR) is 110 cm³/mol. The minimum Gasteiger partial charge on any atom is -0.361 e. The van der Waals surface area contributed by atoms with E-state index in [0.29, 0.717) is 23.0 Å². The van der Waals surface area contributed by atoms with Crippen molar-refractivity contribution < 1.29 is 17.9 Å². The number of thiophene rings is 1. The van der Waals surface area contributed by atoms with Crippen LogP contribution in [0.5, 0.6) is 0 Å². The molecule has 2 aliphatic heterocycles. The number of aromatic nitrogens is 3. The van der Waals surface area contributed by atoms with Gasteiger partial charge in [0.25, 0.3) is 0 Å². The van der Waals surface area contributed by atoms with Crippen molar-refractivity contribution in [2.45, 2.75) is 44.5 Å². The van der Waals surface area contributed by atoms with Crippen molar-refractivity contribution in [2.24, 2.45) is 0 Å². The second-order valence-electron chi connectivity index (χ2n) is 7.88. The highest BCUT2D eigenvalue weighted by atomic mass is 35.5. The number of Topliss-reactive ketones (excluding diaryl/α,β-unsaturated/α-hetero) is 1. The molecular formula is C18H23ClN4O4S2. The van der Waals surface area contributed by atoms with Crippen molar-refractivity contribution in [3.63, 3.8) is 0 Å². The summed E-state index contributed by atoms with van der Waals surface area (Å²) in [5.41, 5.74) is 1.06. The van der Waals surface area contributed by atoms with E-state index >= 15 is 0 Å². The molecule has 0 bridgehead atoms. The molecule has 4 rings (SSSR count). The molecule has 4 heterocycles. The molecule has 158 valence electrons. The molecule has 2 aliphatic rings. The summed E-state index contributed by atoms with van der Waals surface area (Å²) in [6.07, 6.45) is 4.56. The van der Waals surface area contributed by atoms with E-state index in [4.69, 9.17) is 16.3 Å². The molecule has 0 amide bonds. The summed E-state index contributed by atoms with van der Waals surface area (Å²) in [5.74, 6) is 0.0368. The second kappa shape index (κ2) is 7.73. The Bertz CT molecular complexity index is 1030. The van der Waals surface area contributed by atoms with Crippen LogP contribution in [-0.4, -0.2) is 65.3 Å². The average molecular weight is 459 g/mol. The molecule has 0 radical (unpaired) electrons. The minimum absolute atomic E-state index is 0.00503. The zero-order valence-electron chi connectivity index (χ0n) is 16.3. The lowest BCUT2D eigenvalue weighted by Gasteiger charge is -2.46. The highest BCUT2D eigenvalue weighted by Gasteiger charge is 2.46. The number of fused-ring (bicyclic) bond motifs is 2. The largest absolute Gasteiger partial charge is 0.361 e. The van der Waals surface area contributed by atoms with E-state index in [9.17, 15) is 13.2 Å². The lowest BCUT2D eigenvalue weighted by Crippen LogP contribution is -2.50. The summed E-state index contributed by atoms with van der Waals surface area (Å²) in [5, 5.41) is 8.22. The van der Waals surface area contributed by atoms with Crippen LogP contribution >= 0.6 is 22.9 Å². The van der Waals surface area contributed by atoms with Gasteiger partial charge >= 0.3 is 0 Å². The van der Waals surface area contributed by atoms with Crippen LogP contribution in [0.4, 0.5) is 0 Å². The number of carbonyl (C=O) groups excluding carboxylic acids is 1. The number of aryl methyl sites for hydroxylation is 1. The zero-order chi connectivity index (χ0) is 20.8. The van der Waals surface area contributed by atoms with Gasteiger partial charge in [-0.15, -0.1) is 16.4 Å². The Labute approximate surface area is 178 Å². The van der Waals surface area contributed by atoms with Gasteiger partial charge in [0.1, 0.15) is 22.0 Å². The molecule has 1 spiro atoms. The molecule has 0 aliphatic carbocycles. The van der Waals surface area contributed by atoms with Gasteiger partial charge in [-0.25, -0.2) is 8.42 Å². The van der Waals surface area contributed by atoms with Gasteiger partial charge in [0.05, 0.1) is 22.3 Å². The fraction of sp³-hybridized carbons (Fsp3) is 0.611. The number of ether oxygens (including phenoxy) is 1. The fourth-order valence-electron chi connectivity index (χ4n) is 4.07. The molecule has 0 aromatic carbocycles. The van der Waals surface area contributed by atoms with Crippen LogP contribution in [0.1, 0.15) is 40.7 Å². The first-order valence-corrected chi connectivity index (χ1v) is 12.7. The Hall–Kier alpha value is -1.33. The Balaban J connectivity index is 1.43. The lowest BCUT2D eigenvalue weighted by atomic mass is 9.82. The van der Waals surface area contributed by atoms with Gasteiger partial charge in [-0.05, 0) is 25.8 Å². The van der Waals surface area contributed by atoms with E-state index in [0.717, 1.165) is 30.0 Å². The van der Waals surface area contributed by atoms with Gasteiger partial charge in [0.2, 0.25) is 0 Å². The fourth-order valence-corrected chi connectivity index (χ4v) is 6.01. The normalized spacial score (nSPS) is 25.5. The smallest absolute Gasteiger partial charge is 0.189 e. The topological polar surface area (TPSA) is 94.4 Å². The molecule has 2 aromatic heterocycles. The Morgan fingerprint density at radius 2 is 2.24 bits per heavy atom. The summed E-state index contributed by atoms with van der Waals surface area (Å²) in [6.45, 7) is 3.97. The first kappa shape index (κ1) is 20.9. The molecule has 1 fully saturated rings. The van der Waals surface area contributed by atoms with Crippen molar-refractivity contribution in [2.75, 3.05) is 25.2 Å². The zero-order valence-corrected chi connectivity index (χ0v) is 18.7. The number of sulfone groups is 1.